The van der Waals surface area contributed by atoms with Gasteiger partial charge in [0.1, 0.15) is 0 Å². The molecule has 0 aromatic heterocycles. The monoisotopic (exact) mass is 380 g/mol. The van der Waals surface area contributed by atoms with Gasteiger partial charge in [0.15, 0.2) is 0 Å². The molecule has 2 fully saturated rings. The fraction of sp³-hybridized carbons (Fsp3) is 0.529. The van der Waals surface area contributed by atoms with E-state index < -0.39 is 0 Å². The van der Waals surface area contributed by atoms with Gasteiger partial charge in [-0.05, 0) is 37.6 Å². The molecule has 2 amide bonds. The Bertz CT molecular complexity index is 634. The molecule has 0 aliphatic carbocycles. The first-order valence-electron chi connectivity index (χ1n) is 7.92. The summed E-state index contributed by atoms with van der Waals surface area (Å²) in [5, 5.41) is 0. The molecule has 0 saturated carbocycles. The van der Waals surface area contributed by atoms with E-state index in [9.17, 15) is 9.59 Å². The minimum atomic E-state index is -0.257. The van der Waals surface area contributed by atoms with Gasteiger partial charge in [0.05, 0.1) is 25.2 Å². The molecule has 3 rings (SSSR count). The van der Waals surface area contributed by atoms with Crippen molar-refractivity contribution >= 4 is 33.4 Å². The summed E-state index contributed by atoms with van der Waals surface area (Å²) in [5.41, 5.74) is 1.94. The lowest BCUT2D eigenvalue weighted by molar-refractivity contribution is -0.143. The number of rotatable bonds is 2. The number of ether oxygens (including phenoxy) is 1. The summed E-state index contributed by atoms with van der Waals surface area (Å²) in [5.74, 6) is -0.163. The maximum atomic E-state index is 12.7. The van der Waals surface area contributed by atoms with E-state index in [4.69, 9.17) is 4.74 Å². The van der Waals surface area contributed by atoms with Crippen LogP contribution >= 0.6 is 15.9 Å². The van der Waals surface area contributed by atoms with Gasteiger partial charge in [0, 0.05) is 29.7 Å². The average Bonchev–Trinajstić information content (AvgIpc) is 2.92. The van der Waals surface area contributed by atoms with E-state index in [2.05, 4.69) is 15.9 Å². The van der Waals surface area contributed by atoms with Crippen LogP contribution in [-0.4, -0.2) is 49.1 Å². The lowest BCUT2D eigenvalue weighted by atomic mass is 10.1. The summed E-state index contributed by atoms with van der Waals surface area (Å²) in [4.78, 5) is 28.7. The number of hydrogen-bond acceptors (Lipinski definition) is 3. The number of anilines is 1. The van der Waals surface area contributed by atoms with Gasteiger partial charge in [-0.15, -0.1) is 0 Å². The topological polar surface area (TPSA) is 49.9 Å². The molecule has 5 nitrogen and oxygen atoms in total. The summed E-state index contributed by atoms with van der Waals surface area (Å²) < 4.78 is 6.40. The van der Waals surface area contributed by atoms with Crippen molar-refractivity contribution in [1.29, 1.82) is 0 Å². The molecule has 0 bridgehead atoms. The third kappa shape index (κ3) is 3.28. The van der Waals surface area contributed by atoms with E-state index in [0.717, 1.165) is 15.7 Å². The molecule has 2 heterocycles. The van der Waals surface area contributed by atoms with Crippen LogP contribution in [0, 0.1) is 12.8 Å². The van der Waals surface area contributed by atoms with Gasteiger partial charge in [0.25, 0.3) is 0 Å². The molecule has 2 aliphatic heterocycles. The zero-order chi connectivity index (χ0) is 16.6. The highest BCUT2D eigenvalue weighted by molar-refractivity contribution is 9.10. The predicted molar refractivity (Wildman–Crippen MR) is 91.3 cm³/mol. The van der Waals surface area contributed by atoms with E-state index in [1.54, 1.807) is 4.90 Å². The van der Waals surface area contributed by atoms with Crippen LogP contribution in [0.4, 0.5) is 5.69 Å². The number of halogens is 1. The van der Waals surface area contributed by atoms with Gasteiger partial charge in [-0.25, -0.2) is 0 Å². The Hall–Kier alpha value is -1.40. The third-order valence-corrected chi connectivity index (χ3v) is 5.47. The Morgan fingerprint density at radius 3 is 2.87 bits per heavy atom. The second kappa shape index (κ2) is 6.61. The molecule has 1 aromatic rings. The maximum Gasteiger partial charge on any atom is 0.228 e. The van der Waals surface area contributed by atoms with E-state index in [-0.39, 0.29) is 30.2 Å². The van der Waals surface area contributed by atoms with Crippen molar-refractivity contribution in [2.75, 3.05) is 31.2 Å². The van der Waals surface area contributed by atoms with Crippen LogP contribution in [0.5, 0.6) is 0 Å². The highest BCUT2D eigenvalue weighted by Gasteiger charge is 2.38. The molecule has 23 heavy (non-hydrogen) atoms. The van der Waals surface area contributed by atoms with Crippen molar-refractivity contribution in [2.45, 2.75) is 26.3 Å². The highest BCUT2D eigenvalue weighted by Crippen LogP contribution is 2.29. The minimum Gasteiger partial charge on any atom is -0.377 e. The van der Waals surface area contributed by atoms with E-state index in [1.165, 1.54) is 0 Å². The van der Waals surface area contributed by atoms with Crippen LogP contribution in [0.1, 0.15) is 18.9 Å². The first-order chi connectivity index (χ1) is 11.0. The van der Waals surface area contributed by atoms with Gasteiger partial charge in [-0.2, -0.15) is 0 Å². The first kappa shape index (κ1) is 16.5. The number of carbonyl (C=O) groups is 2. The number of benzene rings is 1. The number of morpholine rings is 1. The van der Waals surface area contributed by atoms with Crippen molar-refractivity contribution in [3.05, 3.63) is 28.2 Å². The quantitative estimate of drug-likeness (QED) is 0.791. The van der Waals surface area contributed by atoms with Gasteiger partial charge >= 0.3 is 0 Å². The van der Waals surface area contributed by atoms with Crippen molar-refractivity contribution in [2.24, 2.45) is 5.92 Å². The second-order valence-corrected chi connectivity index (χ2v) is 7.15. The lowest BCUT2D eigenvalue weighted by Gasteiger charge is -2.34. The van der Waals surface area contributed by atoms with Crippen LogP contribution in [0.15, 0.2) is 22.7 Å². The van der Waals surface area contributed by atoms with Gasteiger partial charge in [-0.3, -0.25) is 9.59 Å². The van der Waals surface area contributed by atoms with Gasteiger partial charge < -0.3 is 14.5 Å². The normalized spacial score (nSPS) is 25.1. The summed E-state index contributed by atoms with van der Waals surface area (Å²) in [7, 11) is 0. The van der Waals surface area contributed by atoms with Gasteiger partial charge in [-0.1, -0.05) is 15.9 Å². The Kier molecular flexibility index (Phi) is 4.73. The molecule has 124 valence electrons. The average molecular weight is 381 g/mol. The fourth-order valence-electron chi connectivity index (χ4n) is 3.21. The predicted octanol–water partition coefficient (Wildman–Crippen LogP) is 2.36. The molecule has 6 heteroatoms. The summed E-state index contributed by atoms with van der Waals surface area (Å²) in [6.07, 6.45) is 0.290. The molecule has 1 aromatic carbocycles. The molecule has 2 atom stereocenters. The van der Waals surface area contributed by atoms with Crippen molar-refractivity contribution in [1.82, 2.24) is 4.90 Å². The smallest absolute Gasteiger partial charge is 0.228 e. The van der Waals surface area contributed by atoms with Crippen LogP contribution in [0.25, 0.3) is 0 Å². The molecule has 0 spiro atoms. The Balaban J connectivity index is 1.74. The number of aryl methyl sites for hydroxylation is 1. The van der Waals surface area contributed by atoms with E-state index in [0.29, 0.717) is 26.3 Å². The van der Waals surface area contributed by atoms with Crippen LogP contribution < -0.4 is 4.90 Å². The molecule has 0 radical (unpaired) electrons. The van der Waals surface area contributed by atoms with Crippen molar-refractivity contribution in [3.8, 4) is 0 Å². The van der Waals surface area contributed by atoms with E-state index in [1.807, 2.05) is 36.9 Å². The SMILES string of the molecule is Cc1cc(N2C[C@H](C(=O)N3CCOC[C@H]3C)CC2=O)ccc1Br. The maximum absolute atomic E-state index is 12.7. The van der Waals surface area contributed by atoms with Crippen molar-refractivity contribution < 1.29 is 14.3 Å². The fourth-order valence-corrected chi connectivity index (χ4v) is 3.45. The Morgan fingerprint density at radius 2 is 2.17 bits per heavy atom. The minimum absolute atomic E-state index is 0.0194. The lowest BCUT2D eigenvalue weighted by Crippen LogP contribution is -2.49. The highest BCUT2D eigenvalue weighted by atomic mass is 79.9. The Morgan fingerprint density at radius 1 is 1.39 bits per heavy atom. The largest absolute Gasteiger partial charge is 0.377 e. The van der Waals surface area contributed by atoms with E-state index >= 15 is 0 Å². The summed E-state index contributed by atoms with van der Waals surface area (Å²) >= 11 is 3.47. The van der Waals surface area contributed by atoms with Gasteiger partial charge in [0.2, 0.25) is 11.8 Å². The summed E-state index contributed by atoms with van der Waals surface area (Å²) in [6.45, 7) is 6.20. The molecule has 2 saturated heterocycles. The van der Waals surface area contributed by atoms with Crippen LogP contribution in [0.2, 0.25) is 0 Å². The summed E-state index contributed by atoms with van der Waals surface area (Å²) in [6, 6.07) is 5.91. The second-order valence-electron chi connectivity index (χ2n) is 6.29. The zero-order valence-corrected chi connectivity index (χ0v) is 15.0. The molecule has 2 aliphatic rings. The van der Waals surface area contributed by atoms with Crippen molar-refractivity contribution in [3.63, 3.8) is 0 Å². The zero-order valence-electron chi connectivity index (χ0n) is 13.4. The Labute approximate surface area is 144 Å². The number of nitrogens with zero attached hydrogens (tertiary/aromatic N) is 2. The molecule has 0 unspecified atom stereocenters. The third-order valence-electron chi connectivity index (χ3n) is 4.58. The van der Waals surface area contributed by atoms with Crippen LogP contribution in [-0.2, 0) is 14.3 Å². The van der Waals surface area contributed by atoms with Crippen LogP contribution in [0.3, 0.4) is 0 Å². The molecule has 0 N–H and O–H groups in total. The number of amides is 2. The number of hydrogen-bond donors (Lipinski definition) is 0. The number of carbonyl (C=O) groups excluding carboxylic acids is 2. The standard InChI is InChI=1S/C17H21BrN2O3/c1-11-7-14(3-4-15(11)18)20-9-13(8-16(20)21)17(22)19-5-6-23-10-12(19)2/h3-4,7,12-13H,5-6,8-10H2,1-2H3/t12-,13-/m1/s1. The first-order valence-corrected chi connectivity index (χ1v) is 8.71. The molecular formula is C17H21BrN2O3. The molecular weight excluding hydrogens is 360 g/mol.